The highest BCUT2D eigenvalue weighted by Gasteiger charge is 2.08. The zero-order valence-corrected chi connectivity index (χ0v) is 19.1. The Labute approximate surface area is 194 Å². The molecule has 5 nitrogen and oxygen atoms in total. The zero-order valence-electron chi connectivity index (χ0n) is 19.1. The van der Waals surface area contributed by atoms with Crippen LogP contribution in [0.5, 0.6) is 5.75 Å². The SMILES string of the molecule is CC(C=O)c1ccc(C#N)cc1.CNCc1ccc(-c2cccc(OC)c2)c2ccncc12. The molecule has 166 valence electrons. The molecule has 0 fully saturated rings. The number of hydrogen-bond acceptors (Lipinski definition) is 5. The van der Waals surface area contributed by atoms with Gasteiger partial charge in [-0.3, -0.25) is 4.98 Å². The minimum Gasteiger partial charge on any atom is -0.497 e. The fourth-order valence-electron chi connectivity index (χ4n) is 3.58. The van der Waals surface area contributed by atoms with E-state index >= 15 is 0 Å². The van der Waals surface area contributed by atoms with Gasteiger partial charge in [-0.25, -0.2) is 0 Å². The molecule has 1 unspecified atom stereocenters. The number of benzene rings is 3. The van der Waals surface area contributed by atoms with Gasteiger partial charge in [0.1, 0.15) is 12.0 Å². The standard InChI is InChI=1S/C18H18N2O.C10H9NO/c1-19-11-14-6-7-16(17-8-9-20-12-18(14)17)13-4-3-5-15(10-13)21-2;1-8(7-12)10-4-2-9(6-11)3-5-10/h3-10,12,19H,11H2,1-2H3;2-5,7-8H,1H3. The number of pyridine rings is 1. The van der Waals surface area contributed by atoms with Gasteiger partial charge in [0.2, 0.25) is 0 Å². The molecule has 0 spiro atoms. The van der Waals surface area contributed by atoms with Gasteiger partial charge in [-0.05, 0) is 65.0 Å². The lowest BCUT2D eigenvalue weighted by Gasteiger charge is -2.12. The van der Waals surface area contributed by atoms with E-state index in [1.165, 1.54) is 21.9 Å². The molecule has 0 aliphatic carbocycles. The van der Waals surface area contributed by atoms with E-state index in [9.17, 15) is 4.79 Å². The number of carbonyl (C=O) groups excluding carboxylic acids is 1. The van der Waals surface area contributed by atoms with Crippen molar-refractivity contribution in [2.75, 3.05) is 14.2 Å². The Morgan fingerprint density at radius 3 is 2.55 bits per heavy atom. The Hall–Kier alpha value is -4.01. The molecular formula is C28H27N3O2. The first-order chi connectivity index (χ1) is 16.1. The van der Waals surface area contributed by atoms with Gasteiger partial charge in [0, 0.05) is 30.2 Å². The smallest absolute Gasteiger partial charge is 0.127 e. The van der Waals surface area contributed by atoms with Gasteiger partial charge in [0.25, 0.3) is 0 Å². The third-order valence-electron chi connectivity index (χ3n) is 5.43. The molecule has 5 heteroatoms. The maximum Gasteiger partial charge on any atom is 0.127 e. The van der Waals surface area contributed by atoms with E-state index < -0.39 is 0 Å². The van der Waals surface area contributed by atoms with Crippen molar-refractivity contribution < 1.29 is 9.53 Å². The normalized spacial score (nSPS) is 11.1. The lowest BCUT2D eigenvalue weighted by Crippen LogP contribution is -2.05. The van der Waals surface area contributed by atoms with Gasteiger partial charge < -0.3 is 14.8 Å². The Bertz CT molecular complexity index is 1260. The first kappa shape index (κ1) is 23.6. The third kappa shape index (κ3) is 5.82. The minimum atomic E-state index is -0.0854. The number of rotatable bonds is 6. The van der Waals surface area contributed by atoms with Crippen LogP contribution in [0.1, 0.15) is 29.5 Å². The van der Waals surface area contributed by atoms with Crippen LogP contribution in [0.3, 0.4) is 0 Å². The number of nitrogens with one attached hydrogen (secondary N) is 1. The molecule has 1 heterocycles. The summed E-state index contributed by atoms with van der Waals surface area (Å²) < 4.78 is 5.33. The highest BCUT2D eigenvalue weighted by molar-refractivity contribution is 5.98. The van der Waals surface area contributed by atoms with Gasteiger partial charge in [0.15, 0.2) is 0 Å². The highest BCUT2D eigenvalue weighted by Crippen LogP contribution is 2.32. The fourth-order valence-corrected chi connectivity index (χ4v) is 3.58. The molecule has 1 N–H and O–H groups in total. The van der Waals surface area contributed by atoms with Crippen LogP contribution in [0.4, 0.5) is 0 Å². The zero-order chi connectivity index (χ0) is 23.6. The predicted molar refractivity (Wildman–Crippen MR) is 132 cm³/mol. The van der Waals surface area contributed by atoms with Crippen LogP contribution >= 0.6 is 0 Å². The van der Waals surface area contributed by atoms with Crippen LogP contribution in [0.15, 0.2) is 79.1 Å². The molecule has 1 atom stereocenters. The lowest BCUT2D eigenvalue weighted by atomic mass is 9.96. The molecule has 0 amide bonds. The third-order valence-corrected chi connectivity index (χ3v) is 5.43. The molecule has 0 aliphatic heterocycles. The number of fused-ring (bicyclic) bond motifs is 1. The number of methoxy groups -OCH3 is 1. The highest BCUT2D eigenvalue weighted by atomic mass is 16.5. The van der Waals surface area contributed by atoms with Crippen molar-refractivity contribution in [1.82, 2.24) is 10.3 Å². The first-order valence-electron chi connectivity index (χ1n) is 10.7. The second-order valence-electron chi connectivity index (χ2n) is 7.61. The van der Waals surface area contributed by atoms with Crippen LogP contribution in [0.2, 0.25) is 0 Å². The molecule has 0 radical (unpaired) electrons. The molecule has 1 aromatic heterocycles. The summed E-state index contributed by atoms with van der Waals surface area (Å²) in [5, 5.41) is 14.1. The summed E-state index contributed by atoms with van der Waals surface area (Å²) in [6.45, 7) is 2.66. The summed E-state index contributed by atoms with van der Waals surface area (Å²) in [5.74, 6) is 0.784. The predicted octanol–water partition coefficient (Wildman–Crippen LogP) is 5.49. The van der Waals surface area contributed by atoms with Crippen LogP contribution in [-0.4, -0.2) is 25.4 Å². The van der Waals surface area contributed by atoms with Crippen molar-refractivity contribution in [3.05, 3.63) is 95.8 Å². The van der Waals surface area contributed by atoms with Crippen molar-refractivity contribution in [2.24, 2.45) is 0 Å². The summed E-state index contributed by atoms with van der Waals surface area (Å²) >= 11 is 0. The van der Waals surface area contributed by atoms with Crippen LogP contribution in [0.25, 0.3) is 21.9 Å². The first-order valence-corrected chi connectivity index (χ1v) is 10.7. The Morgan fingerprint density at radius 2 is 1.88 bits per heavy atom. The molecule has 33 heavy (non-hydrogen) atoms. The van der Waals surface area contributed by atoms with Gasteiger partial charge in [-0.2, -0.15) is 5.26 Å². The van der Waals surface area contributed by atoms with Gasteiger partial charge >= 0.3 is 0 Å². The van der Waals surface area contributed by atoms with Gasteiger partial charge in [-0.1, -0.05) is 43.3 Å². The van der Waals surface area contributed by atoms with Crippen molar-refractivity contribution >= 4 is 17.1 Å². The van der Waals surface area contributed by atoms with E-state index in [1.54, 1.807) is 31.4 Å². The molecule has 0 aliphatic rings. The van der Waals surface area contributed by atoms with Crippen LogP contribution < -0.4 is 10.1 Å². The van der Waals surface area contributed by atoms with E-state index in [0.29, 0.717) is 5.56 Å². The van der Waals surface area contributed by atoms with E-state index in [0.717, 1.165) is 29.7 Å². The fraction of sp³-hybridized carbons (Fsp3) is 0.179. The van der Waals surface area contributed by atoms with Gasteiger partial charge in [-0.15, -0.1) is 0 Å². The number of aldehydes is 1. The van der Waals surface area contributed by atoms with Gasteiger partial charge in [0.05, 0.1) is 18.7 Å². The Morgan fingerprint density at radius 1 is 1.09 bits per heavy atom. The molecule has 0 bridgehead atoms. The summed E-state index contributed by atoms with van der Waals surface area (Å²) in [6.07, 6.45) is 4.67. The van der Waals surface area contributed by atoms with E-state index in [1.807, 2.05) is 44.6 Å². The maximum atomic E-state index is 10.4. The average Bonchev–Trinajstić information content (AvgIpc) is 2.89. The maximum absolute atomic E-state index is 10.4. The van der Waals surface area contributed by atoms with E-state index in [2.05, 4.69) is 40.6 Å². The molecule has 4 rings (SSSR count). The monoisotopic (exact) mass is 437 g/mol. The number of carbonyl (C=O) groups is 1. The second-order valence-corrected chi connectivity index (χ2v) is 7.61. The molecular weight excluding hydrogens is 410 g/mol. The number of hydrogen-bond donors (Lipinski definition) is 1. The van der Waals surface area contributed by atoms with Crippen molar-refractivity contribution in [3.63, 3.8) is 0 Å². The molecule has 3 aromatic carbocycles. The van der Waals surface area contributed by atoms with Crippen LogP contribution in [0, 0.1) is 11.3 Å². The summed E-state index contributed by atoms with van der Waals surface area (Å²) in [4.78, 5) is 14.7. The van der Waals surface area contributed by atoms with Crippen molar-refractivity contribution in [2.45, 2.75) is 19.4 Å². The summed E-state index contributed by atoms with van der Waals surface area (Å²) in [7, 11) is 3.65. The van der Waals surface area contributed by atoms with E-state index in [4.69, 9.17) is 10.00 Å². The van der Waals surface area contributed by atoms with Crippen molar-refractivity contribution in [1.29, 1.82) is 5.26 Å². The quantitative estimate of drug-likeness (QED) is 0.404. The molecule has 4 aromatic rings. The Kier molecular flexibility index (Phi) is 8.29. The molecule has 0 saturated heterocycles. The number of nitrogens with zero attached hydrogens (tertiary/aromatic N) is 2. The number of ether oxygens (including phenoxy) is 1. The minimum absolute atomic E-state index is 0.0854. The lowest BCUT2D eigenvalue weighted by molar-refractivity contribution is -0.108. The summed E-state index contributed by atoms with van der Waals surface area (Å²) in [5.41, 5.74) is 5.18. The largest absolute Gasteiger partial charge is 0.497 e. The molecule has 0 saturated carbocycles. The van der Waals surface area contributed by atoms with Crippen LogP contribution in [-0.2, 0) is 11.3 Å². The van der Waals surface area contributed by atoms with E-state index in [-0.39, 0.29) is 5.92 Å². The second kappa shape index (κ2) is 11.6. The average molecular weight is 438 g/mol. The Balaban J connectivity index is 0.000000218. The number of nitriles is 1. The number of aromatic nitrogens is 1. The van der Waals surface area contributed by atoms with Crippen molar-refractivity contribution in [3.8, 4) is 22.9 Å². The summed E-state index contributed by atoms with van der Waals surface area (Å²) in [6, 6.07) is 23.6. The topological polar surface area (TPSA) is 75.0 Å².